The summed E-state index contributed by atoms with van der Waals surface area (Å²) < 4.78 is 12.7. The van der Waals surface area contributed by atoms with Crippen LogP contribution in [0.5, 0.6) is 0 Å². The van der Waals surface area contributed by atoms with E-state index in [2.05, 4.69) is 21.2 Å². The fourth-order valence-corrected chi connectivity index (χ4v) is 3.07. The third-order valence-corrected chi connectivity index (χ3v) is 3.98. The van der Waals surface area contributed by atoms with Crippen molar-refractivity contribution in [3.8, 4) is 0 Å². The second-order valence-corrected chi connectivity index (χ2v) is 6.49. The second-order valence-electron chi connectivity index (χ2n) is 4.16. The van der Waals surface area contributed by atoms with Crippen LogP contribution in [0.15, 0.2) is 27.6 Å². The van der Waals surface area contributed by atoms with Gasteiger partial charge in [-0.25, -0.2) is 4.79 Å². The van der Waals surface area contributed by atoms with Gasteiger partial charge in [0.2, 0.25) is 5.91 Å². The van der Waals surface area contributed by atoms with Gasteiger partial charge in [0, 0.05) is 10.5 Å². The first-order valence-electron chi connectivity index (χ1n) is 5.52. The lowest BCUT2D eigenvalue weighted by Crippen LogP contribution is -2.33. The first kappa shape index (κ1) is 15.8. The summed E-state index contributed by atoms with van der Waals surface area (Å²) in [5.41, 5.74) is -0.0566. The van der Waals surface area contributed by atoms with Gasteiger partial charge in [-0.3, -0.25) is 9.00 Å². The number of halogens is 1. The number of benzene rings is 1. The topological polar surface area (TPSA) is 83.5 Å². The van der Waals surface area contributed by atoms with Crippen molar-refractivity contribution in [3.05, 3.63) is 28.2 Å². The third kappa shape index (κ3) is 4.76. The lowest BCUT2D eigenvalue weighted by Gasteiger charge is -2.09. The van der Waals surface area contributed by atoms with Gasteiger partial charge in [0.05, 0.1) is 21.3 Å². The molecule has 1 atom stereocenters. The molecule has 1 rings (SSSR count). The molecule has 104 valence electrons. The molecule has 2 N–H and O–H groups in total. The van der Waals surface area contributed by atoms with Crippen LogP contribution in [-0.4, -0.2) is 33.0 Å². The van der Waals surface area contributed by atoms with Crippen LogP contribution in [0.25, 0.3) is 0 Å². The number of aromatic carboxylic acids is 1. The lowest BCUT2D eigenvalue weighted by atomic mass is 10.2. The van der Waals surface area contributed by atoms with Crippen LogP contribution in [0.2, 0.25) is 0 Å². The van der Waals surface area contributed by atoms with Crippen LogP contribution in [0, 0.1) is 0 Å². The number of carboxylic acids is 1. The summed E-state index contributed by atoms with van der Waals surface area (Å²) in [6.45, 7) is 3.59. The van der Waals surface area contributed by atoms with E-state index in [9.17, 15) is 13.8 Å². The van der Waals surface area contributed by atoms with Gasteiger partial charge in [-0.2, -0.15) is 0 Å². The molecule has 1 amide bonds. The molecule has 0 bridgehead atoms. The summed E-state index contributed by atoms with van der Waals surface area (Å²) >= 11 is 3.19. The van der Waals surface area contributed by atoms with E-state index in [0.29, 0.717) is 4.47 Å². The Balaban J connectivity index is 2.96. The number of rotatable bonds is 5. The molecule has 19 heavy (non-hydrogen) atoms. The molecule has 1 aromatic rings. The molecule has 0 aliphatic carbocycles. The highest BCUT2D eigenvalue weighted by Crippen LogP contribution is 2.20. The van der Waals surface area contributed by atoms with Gasteiger partial charge in [0.25, 0.3) is 0 Å². The Hall–Kier alpha value is -1.21. The molecule has 1 aromatic carbocycles. The monoisotopic (exact) mass is 347 g/mol. The molecule has 0 fully saturated rings. The van der Waals surface area contributed by atoms with Crippen molar-refractivity contribution in [1.82, 2.24) is 5.32 Å². The first-order valence-corrected chi connectivity index (χ1v) is 7.63. The van der Waals surface area contributed by atoms with Crippen molar-refractivity contribution in [1.29, 1.82) is 0 Å². The fraction of sp³-hybridized carbons (Fsp3) is 0.333. The Morgan fingerprint density at radius 3 is 2.58 bits per heavy atom. The number of hydrogen-bond donors (Lipinski definition) is 2. The largest absolute Gasteiger partial charge is 0.478 e. The van der Waals surface area contributed by atoms with Gasteiger partial charge in [0.15, 0.2) is 0 Å². The van der Waals surface area contributed by atoms with Crippen molar-refractivity contribution in [3.63, 3.8) is 0 Å². The molecule has 0 heterocycles. The van der Waals surface area contributed by atoms with Crippen molar-refractivity contribution < 1.29 is 18.9 Å². The Kier molecular flexibility index (Phi) is 5.68. The average molecular weight is 348 g/mol. The summed E-state index contributed by atoms with van der Waals surface area (Å²) in [4.78, 5) is 22.7. The van der Waals surface area contributed by atoms with Crippen LogP contribution in [0.1, 0.15) is 24.2 Å². The predicted molar refractivity (Wildman–Crippen MR) is 75.7 cm³/mol. The summed E-state index contributed by atoms with van der Waals surface area (Å²) in [6.07, 6.45) is 0. The van der Waals surface area contributed by atoms with Crippen molar-refractivity contribution in [2.45, 2.75) is 24.8 Å². The third-order valence-electron chi connectivity index (χ3n) is 2.13. The Bertz CT molecular complexity index is 530. The molecule has 0 aliphatic rings. The molecule has 7 heteroatoms. The lowest BCUT2D eigenvalue weighted by molar-refractivity contribution is -0.119. The number of carbonyl (C=O) groups is 2. The highest BCUT2D eigenvalue weighted by molar-refractivity contribution is 9.10. The van der Waals surface area contributed by atoms with Gasteiger partial charge in [-0.15, -0.1) is 0 Å². The quantitative estimate of drug-likeness (QED) is 0.850. The van der Waals surface area contributed by atoms with Crippen molar-refractivity contribution >= 4 is 38.6 Å². The van der Waals surface area contributed by atoms with Crippen LogP contribution in [0.4, 0.5) is 0 Å². The van der Waals surface area contributed by atoms with E-state index in [1.54, 1.807) is 19.9 Å². The van der Waals surface area contributed by atoms with E-state index < -0.39 is 16.8 Å². The van der Waals surface area contributed by atoms with Gasteiger partial charge >= 0.3 is 5.97 Å². The van der Waals surface area contributed by atoms with Crippen LogP contribution < -0.4 is 5.32 Å². The van der Waals surface area contributed by atoms with E-state index in [0.717, 1.165) is 0 Å². The van der Waals surface area contributed by atoms with Gasteiger partial charge in [0.1, 0.15) is 5.75 Å². The van der Waals surface area contributed by atoms with E-state index in [1.807, 2.05) is 0 Å². The molecule has 0 saturated heterocycles. The zero-order valence-electron chi connectivity index (χ0n) is 10.5. The Morgan fingerprint density at radius 1 is 1.42 bits per heavy atom. The summed E-state index contributed by atoms with van der Waals surface area (Å²) in [6, 6.07) is 4.33. The maximum Gasteiger partial charge on any atom is 0.336 e. The SMILES string of the molecule is CC(C)NC(=O)CS(=O)c1cc(Br)ccc1C(=O)O. The van der Waals surface area contributed by atoms with Crippen LogP contribution in [-0.2, 0) is 15.6 Å². The maximum atomic E-state index is 12.1. The average Bonchev–Trinajstić information content (AvgIpc) is 2.26. The maximum absolute atomic E-state index is 12.1. The van der Waals surface area contributed by atoms with Crippen LogP contribution in [0.3, 0.4) is 0 Å². The molecule has 0 spiro atoms. The number of carbonyl (C=O) groups excluding carboxylic acids is 1. The smallest absolute Gasteiger partial charge is 0.336 e. The van der Waals surface area contributed by atoms with Crippen molar-refractivity contribution in [2.24, 2.45) is 0 Å². The summed E-state index contributed by atoms with van der Waals surface area (Å²) in [5.74, 6) is -1.79. The number of amides is 1. The molecule has 0 aliphatic heterocycles. The van der Waals surface area contributed by atoms with Gasteiger partial charge < -0.3 is 10.4 Å². The Morgan fingerprint density at radius 2 is 2.05 bits per heavy atom. The zero-order valence-corrected chi connectivity index (χ0v) is 12.9. The predicted octanol–water partition coefficient (Wildman–Crippen LogP) is 1.78. The molecule has 0 saturated carbocycles. The number of nitrogens with one attached hydrogen (secondary N) is 1. The molecule has 1 unspecified atom stereocenters. The van der Waals surface area contributed by atoms with E-state index in [4.69, 9.17) is 5.11 Å². The van der Waals surface area contributed by atoms with Crippen molar-refractivity contribution in [2.75, 3.05) is 5.75 Å². The zero-order chi connectivity index (χ0) is 14.6. The highest BCUT2D eigenvalue weighted by Gasteiger charge is 2.18. The minimum Gasteiger partial charge on any atom is -0.478 e. The fourth-order valence-electron chi connectivity index (χ4n) is 1.42. The minimum absolute atomic E-state index is 0.0500. The Labute approximate surface area is 122 Å². The molecule has 5 nitrogen and oxygen atoms in total. The molecular weight excluding hydrogens is 334 g/mol. The molecular formula is C12H14BrNO4S. The standard InChI is InChI=1S/C12H14BrNO4S/c1-7(2)14-11(15)6-19(18)10-5-8(13)3-4-9(10)12(16)17/h3-5,7H,6H2,1-2H3,(H,14,15)(H,16,17). The van der Waals surface area contributed by atoms with E-state index in [1.165, 1.54) is 12.1 Å². The first-order chi connectivity index (χ1) is 8.81. The van der Waals surface area contributed by atoms with Gasteiger partial charge in [-0.05, 0) is 32.0 Å². The van der Waals surface area contributed by atoms with E-state index in [-0.39, 0.29) is 28.2 Å². The number of hydrogen-bond acceptors (Lipinski definition) is 3. The summed E-state index contributed by atoms with van der Waals surface area (Å²) in [7, 11) is -1.70. The van der Waals surface area contributed by atoms with Gasteiger partial charge in [-0.1, -0.05) is 15.9 Å². The second kappa shape index (κ2) is 6.81. The highest BCUT2D eigenvalue weighted by atomic mass is 79.9. The molecule has 0 radical (unpaired) electrons. The van der Waals surface area contributed by atoms with E-state index >= 15 is 0 Å². The molecule has 0 aromatic heterocycles. The normalized spacial score (nSPS) is 12.2. The minimum atomic E-state index is -1.70. The summed E-state index contributed by atoms with van der Waals surface area (Å²) in [5, 5.41) is 11.7. The van der Waals surface area contributed by atoms with Crippen LogP contribution >= 0.6 is 15.9 Å². The number of carboxylic acid groups (broad SMARTS) is 1.